The van der Waals surface area contributed by atoms with Gasteiger partial charge in [0, 0.05) is 33.9 Å². The summed E-state index contributed by atoms with van der Waals surface area (Å²) >= 11 is -0.761. The number of benzene rings is 1. The largest absolute Gasteiger partial charge is 0.755 e. The summed E-state index contributed by atoms with van der Waals surface area (Å²) < 4.78 is 23.6. The zero-order valence-electron chi connectivity index (χ0n) is 13.7. The van der Waals surface area contributed by atoms with E-state index in [-0.39, 0.29) is 23.0 Å². The summed E-state index contributed by atoms with van der Waals surface area (Å²) in [5.74, 6) is 0.370. The van der Waals surface area contributed by atoms with Gasteiger partial charge in [0.25, 0.3) is 0 Å². The van der Waals surface area contributed by atoms with Crippen molar-refractivity contribution >= 4 is 34.1 Å². The topological polar surface area (TPSA) is 82.1 Å². The molecule has 24 heavy (non-hydrogen) atoms. The first-order valence-electron chi connectivity index (χ1n) is 7.69. The summed E-state index contributed by atoms with van der Waals surface area (Å²) in [4.78, 5) is 18.1. The van der Waals surface area contributed by atoms with Crippen LogP contribution in [0.15, 0.2) is 30.5 Å². The fourth-order valence-electron chi connectivity index (χ4n) is 3.46. The molecular formula is C17H19N2O3S2-. The molecule has 1 saturated carbocycles. The van der Waals surface area contributed by atoms with Crippen molar-refractivity contribution in [1.82, 2.24) is 4.98 Å². The van der Waals surface area contributed by atoms with E-state index in [9.17, 15) is 13.6 Å². The number of ketones is 1. The highest BCUT2D eigenvalue weighted by atomic mass is 32.2. The first-order valence-corrected chi connectivity index (χ1v) is 9.58. The van der Waals surface area contributed by atoms with Crippen molar-refractivity contribution in [3.63, 3.8) is 0 Å². The van der Waals surface area contributed by atoms with Crippen molar-refractivity contribution in [3.05, 3.63) is 45.9 Å². The molecular weight excluding hydrogens is 344 g/mol. The van der Waals surface area contributed by atoms with Crippen LogP contribution in [0.25, 0.3) is 0 Å². The molecule has 1 unspecified atom stereocenters. The quantitative estimate of drug-likeness (QED) is 0.799. The minimum absolute atomic E-state index is 0.0193. The number of carbonyl (C=O) groups excluding carboxylic acids is 1. The number of hydrogen-bond acceptors (Lipinski definition) is 5. The Morgan fingerprint density at radius 3 is 2.58 bits per heavy atom. The van der Waals surface area contributed by atoms with Crippen molar-refractivity contribution in [2.45, 2.75) is 33.1 Å². The van der Waals surface area contributed by atoms with E-state index in [1.807, 2.05) is 19.1 Å². The lowest BCUT2D eigenvalue weighted by Crippen LogP contribution is -2.09. The van der Waals surface area contributed by atoms with E-state index in [1.54, 1.807) is 29.7 Å². The number of aromatic nitrogens is 1. The van der Waals surface area contributed by atoms with E-state index in [2.05, 4.69) is 23.6 Å². The Morgan fingerprint density at radius 1 is 1.38 bits per heavy atom. The molecule has 1 fully saturated rings. The summed E-state index contributed by atoms with van der Waals surface area (Å²) in [7, 11) is 0. The van der Waals surface area contributed by atoms with Gasteiger partial charge < -0.3 is 9.27 Å². The van der Waals surface area contributed by atoms with E-state index in [0.717, 1.165) is 15.4 Å². The van der Waals surface area contributed by atoms with Crippen LogP contribution in [0.2, 0.25) is 0 Å². The van der Waals surface area contributed by atoms with Crippen LogP contribution < -0.4 is 4.72 Å². The number of hydrogen-bond donors (Lipinski definition) is 1. The van der Waals surface area contributed by atoms with Crippen LogP contribution in [0, 0.1) is 18.3 Å². The number of rotatable bonds is 6. The molecule has 5 nitrogen and oxygen atoms in total. The third kappa shape index (κ3) is 3.43. The van der Waals surface area contributed by atoms with Crippen molar-refractivity contribution < 1.29 is 13.6 Å². The molecule has 2 aromatic rings. The second kappa shape index (κ2) is 6.38. The number of Topliss-reactive ketones (excluding diaryl/α,β-unsaturated/α-hetero) is 1. The second-order valence-corrected chi connectivity index (χ2v) is 8.74. The maximum absolute atomic E-state index is 12.7. The Hall–Kier alpha value is -1.57. The van der Waals surface area contributed by atoms with E-state index in [0.29, 0.717) is 12.1 Å². The zero-order chi connectivity index (χ0) is 17.5. The SMILES string of the molecule is Cc1cnc(CC(=O)[C@@H]2[C@@H](c3ccc(NS(=O)[O-])cc3)C2(C)C)s1. The van der Waals surface area contributed by atoms with Gasteiger partial charge in [0.2, 0.25) is 0 Å². The van der Waals surface area contributed by atoms with Crippen LogP contribution in [0.4, 0.5) is 5.69 Å². The van der Waals surface area contributed by atoms with Gasteiger partial charge in [-0.3, -0.25) is 9.00 Å². The Bertz CT molecular complexity index is 783. The summed E-state index contributed by atoms with van der Waals surface area (Å²) in [6, 6.07) is 7.24. The first kappa shape index (κ1) is 17.3. The molecule has 1 aromatic heterocycles. The molecule has 1 aliphatic rings. The molecule has 0 radical (unpaired) electrons. The van der Waals surface area contributed by atoms with E-state index < -0.39 is 11.3 Å². The molecule has 0 saturated heterocycles. The Labute approximate surface area is 147 Å². The van der Waals surface area contributed by atoms with Crippen LogP contribution in [-0.4, -0.2) is 19.5 Å². The van der Waals surface area contributed by atoms with Gasteiger partial charge in [-0.15, -0.1) is 11.3 Å². The van der Waals surface area contributed by atoms with Gasteiger partial charge in [-0.05, 0) is 36.0 Å². The van der Waals surface area contributed by atoms with Crippen LogP contribution in [-0.2, 0) is 22.5 Å². The number of nitrogens with one attached hydrogen (secondary N) is 1. The molecule has 1 aliphatic carbocycles. The van der Waals surface area contributed by atoms with Gasteiger partial charge in [0.05, 0.1) is 6.42 Å². The number of aryl methyl sites for hydroxylation is 1. The van der Waals surface area contributed by atoms with E-state index in [1.165, 1.54) is 0 Å². The maximum Gasteiger partial charge on any atom is 0.143 e. The predicted octanol–water partition coefficient (Wildman–Crippen LogP) is 3.21. The average molecular weight is 363 g/mol. The minimum Gasteiger partial charge on any atom is -0.755 e. The first-order chi connectivity index (χ1) is 11.3. The van der Waals surface area contributed by atoms with Gasteiger partial charge in [0.1, 0.15) is 10.8 Å². The lowest BCUT2D eigenvalue weighted by molar-refractivity contribution is -0.120. The van der Waals surface area contributed by atoms with Crippen LogP contribution in [0.5, 0.6) is 0 Å². The summed E-state index contributed by atoms with van der Waals surface area (Å²) in [6.07, 6.45) is 2.19. The van der Waals surface area contributed by atoms with Gasteiger partial charge in [-0.2, -0.15) is 0 Å². The van der Waals surface area contributed by atoms with Crippen LogP contribution >= 0.6 is 11.3 Å². The summed E-state index contributed by atoms with van der Waals surface area (Å²) in [5, 5.41) is 0.872. The zero-order valence-corrected chi connectivity index (χ0v) is 15.4. The Balaban J connectivity index is 1.72. The molecule has 3 rings (SSSR count). The second-order valence-electron chi connectivity index (χ2n) is 6.74. The Kier molecular flexibility index (Phi) is 4.59. The highest BCUT2D eigenvalue weighted by Crippen LogP contribution is 2.65. The molecule has 1 aromatic carbocycles. The highest BCUT2D eigenvalue weighted by Gasteiger charge is 2.61. The van der Waals surface area contributed by atoms with Crippen molar-refractivity contribution in [2.75, 3.05) is 4.72 Å². The highest BCUT2D eigenvalue weighted by molar-refractivity contribution is 7.80. The smallest absolute Gasteiger partial charge is 0.143 e. The fourth-order valence-corrected chi connectivity index (χ4v) is 4.58. The van der Waals surface area contributed by atoms with Crippen molar-refractivity contribution in [3.8, 4) is 0 Å². The lowest BCUT2D eigenvalue weighted by atomic mass is 10.0. The molecule has 0 amide bonds. The van der Waals surface area contributed by atoms with Crippen molar-refractivity contribution in [2.24, 2.45) is 11.3 Å². The number of anilines is 1. The van der Waals surface area contributed by atoms with Crippen LogP contribution in [0.3, 0.4) is 0 Å². The van der Waals surface area contributed by atoms with Gasteiger partial charge in [-0.1, -0.05) is 26.0 Å². The van der Waals surface area contributed by atoms with Crippen LogP contribution in [0.1, 0.15) is 35.2 Å². The Morgan fingerprint density at radius 2 is 2.04 bits per heavy atom. The van der Waals surface area contributed by atoms with Crippen molar-refractivity contribution in [1.29, 1.82) is 0 Å². The fraction of sp³-hybridized carbons (Fsp3) is 0.412. The standard InChI is InChI=1S/C17H20N2O3S2/c1-10-9-18-14(23-10)8-13(20)16-15(17(16,2)3)11-4-6-12(7-5-11)19-24(21)22/h4-7,9,15-16,19H,8H2,1-3H3,(H,21,22)/p-1/t15-,16-/m1/s1. The van der Waals surface area contributed by atoms with Gasteiger partial charge >= 0.3 is 0 Å². The van der Waals surface area contributed by atoms with E-state index >= 15 is 0 Å². The number of carbonyl (C=O) groups is 1. The van der Waals surface area contributed by atoms with Gasteiger partial charge in [-0.25, -0.2) is 4.98 Å². The lowest BCUT2D eigenvalue weighted by Gasteiger charge is -2.09. The summed E-state index contributed by atoms with van der Waals surface area (Å²) in [6.45, 7) is 6.19. The minimum atomic E-state index is -2.33. The number of nitrogens with zero attached hydrogens (tertiary/aromatic N) is 1. The molecule has 128 valence electrons. The summed E-state index contributed by atoms with van der Waals surface area (Å²) in [5.41, 5.74) is 1.50. The molecule has 0 bridgehead atoms. The predicted molar refractivity (Wildman–Crippen MR) is 94.6 cm³/mol. The molecule has 7 heteroatoms. The third-order valence-electron chi connectivity index (χ3n) is 4.64. The molecule has 3 atom stereocenters. The normalized spacial score (nSPS) is 22.8. The molecule has 0 aliphatic heterocycles. The third-order valence-corrected chi connectivity index (χ3v) is 5.95. The monoisotopic (exact) mass is 363 g/mol. The van der Waals surface area contributed by atoms with Gasteiger partial charge in [0.15, 0.2) is 0 Å². The average Bonchev–Trinajstić information content (AvgIpc) is 2.83. The maximum atomic E-state index is 12.7. The van der Waals surface area contributed by atoms with E-state index in [4.69, 9.17) is 0 Å². The molecule has 1 heterocycles. The molecule has 0 spiro atoms. The molecule has 1 N–H and O–H groups in total. The number of thiazole rings is 1.